The van der Waals surface area contributed by atoms with Crippen molar-refractivity contribution in [3.8, 4) is 0 Å². The maximum absolute atomic E-state index is 13.0. The molecule has 0 fully saturated rings. The van der Waals surface area contributed by atoms with Gasteiger partial charge in [-0.25, -0.2) is 4.39 Å². The molecular weight excluding hydrogens is 343 g/mol. The number of rotatable bonds is 2. The summed E-state index contributed by atoms with van der Waals surface area (Å²) >= 11 is 6.33. The van der Waals surface area contributed by atoms with Crippen LogP contribution in [-0.2, 0) is 0 Å². The molecule has 0 aliphatic heterocycles. The summed E-state index contributed by atoms with van der Waals surface area (Å²) in [4.78, 5) is 0. The molecule has 2 nitrogen and oxygen atoms in total. The van der Waals surface area contributed by atoms with Crippen molar-refractivity contribution < 1.29 is 13.9 Å². The normalized spacial score (nSPS) is 12.8. The van der Waals surface area contributed by atoms with Gasteiger partial charge in [0.2, 0.25) is 0 Å². The molecule has 16 heavy (non-hydrogen) atoms. The minimum atomic E-state index is -0.915. The molecule has 1 unspecified atom stereocenters. The van der Waals surface area contributed by atoms with E-state index in [0.29, 0.717) is 20.3 Å². The monoisotopic (exact) mass is 348 g/mol. The van der Waals surface area contributed by atoms with Gasteiger partial charge in [-0.15, -0.1) is 0 Å². The quantitative estimate of drug-likeness (QED) is 0.888. The fraction of sp³-hybridized carbons (Fsp3) is 0.0909. The van der Waals surface area contributed by atoms with Crippen LogP contribution in [0, 0.1) is 5.82 Å². The fourth-order valence-corrected chi connectivity index (χ4v) is 2.15. The highest BCUT2D eigenvalue weighted by molar-refractivity contribution is 9.10. The third-order valence-corrected chi connectivity index (χ3v) is 3.42. The molecule has 2 rings (SSSR count). The van der Waals surface area contributed by atoms with E-state index in [1.54, 1.807) is 6.07 Å². The van der Waals surface area contributed by atoms with E-state index in [0.717, 1.165) is 0 Å². The average molecular weight is 350 g/mol. The molecule has 84 valence electrons. The molecule has 0 radical (unpaired) electrons. The Hall–Kier alpha value is -0.650. The number of halogens is 3. The molecule has 1 N–H and O–H groups in total. The van der Waals surface area contributed by atoms with Crippen LogP contribution in [0.25, 0.3) is 0 Å². The average Bonchev–Trinajstić information content (AvgIpc) is 2.67. The molecule has 2 aromatic rings. The molecule has 0 aliphatic rings. The zero-order valence-corrected chi connectivity index (χ0v) is 11.1. The lowest BCUT2D eigenvalue weighted by Crippen LogP contribution is -1.99. The van der Waals surface area contributed by atoms with Crippen LogP contribution in [0.15, 0.2) is 43.9 Å². The summed E-state index contributed by atoms with van der Waals surface area (Å²) in [6.45, 7) is 0. The predicted octanol–water partition coefficient (Wildman–Crippen LogP) is 4.03. The Bertz CT molecular complexity index is 510. The van der Waals surface area contributed by atoms with Crippen molar-refractivity contribution >= 4 is 31.9 Å². The molecule has 0 saturated carbocycles. The van der Waals surface area contributed by atoms with Gasteiger partial charge in [0.1, 0.15) is 11.9 Å². The molecule has 5 heteroatoms. The van der Waals surface area contributed by atoms with Crippen molar-refractivity contribution in [3.63, 3.8) is 0 Å². The van der Waals surface area contributed by atoms with E-state index in [-0.39, 0.29) is 5.82 Å². The smallest absolute Gasteiger partial charge is 0.150 e. The van der Waals surface area contributed by atoms with E-state index in [2.05, 4.69) is 31.9 Å². The summed E-state index contributed by atoms with van der Waals surface area (Å²) in [6, 6.07) is 6.02. The van der Waals surface area contributed by atoms with Crippen LogP contribution in [0.3, 0.4) is 0 Å². The van der Waals surface area contributed by atoms with Gasteiger partial charge in [0.25, 0.3) is 0 Å². The number of benzene rings is 1. The first-order chi connectivity index (χ1) is 7.59. The predicted molar refractivity (Wildman–Crippen MR) is 64.6 cm³/mol. The zero-order valence-electron chi connectivity index (χ0n) is 7.95. The van der Waals surface area contributed by atoms with Crippen LogP contribution >= 0.6 is 31.9 Å². The Balaban J connectivity index is 2.38. The van der Waals surface area contributed by atoms with Gasteiger partial charge in [0.15, 0.2) is 5.76 Å². The van der Waals surface area contributed by atoms with Crippen LogP contribution < -0.4 is 0 Å². The molecule has 1 aromatic carbocycles. The number of furan rings is 1. The summed E-state index contributed by atoms with van der Waals surface area (Å²) in [5, 5.41) is 10.0. The number of hydrogen-bond acceptors (Lipinski definition) is 2. The highest BCUT2D eigenvalue weighted by Crippen LogP contribution is 2.31. The van der Waals surface area contributed by atoms with Crippen molar-refractivity contribution in [2.45, 2.75) is 6.10 Å². The third-order valence-electron chi connectivity index (χ3n) is 2.15. The van der Waals surface area contributed by atoms with Gasteiger partial charge in [-0.1, -0.05) is 6.07 Å². The van der Waals surface area contributed by atoms with E-state index >= 15 is 0 Å². The van der Waals surface area contributed by atoms with E-state index in [1.165, 1.54) is 24.5 Å². The molecule has 0 bridgehead atoms. The van der Waals surface area contributed by atoms with Gasteiger partial charge in [-0.05, 0) is 55.6 Å². The van der Waals surface area contributed by atoms with Crippen LogP contribution in [0.1, 0.15) is 17.4 Å². The van der Waals surface area contributed by atoms with Gasteiger partial charge >= 0.3 is 0 Å². The minimum Gasteiger partial charge on any atom is -0.465 e. The van der Waals surface area contributed by atoms with Gasteiger partial charge in [-0.3, -0.25) is 0 Å². The summed E-state index contributed by atoms with van der Waals surface area (Å²) in [7, 11) is 0. The number of aliphatic hydroxyl groups is 1. The van der Waals surface area contributed by atoms with Crippen molar-refractivity contribution in [2.75, 3.05) is 0 Å². The first-order valence-electron chi connectivity index (χ1n) is 4.45. The van der Waals surface area contributed by atoms with Crippen LogP contribution in [-0.4, -0.2) is 5.11 Å². The fourth-order valence-electron chi connectivity index (χ4n) is 1.33. The molecule has 1 heterocycles. The van der Waals surface area contributed by atoms with Crippen molar-refractivity contribution in [1.29, 1.82) is 0 Å². The largest absolute Gasteiger partial charge is 0.465 e. The third kappa shape index (κ3) is 2.21. The van der Waals surface area contributed by atoms with Gasteiger partial charge < -0.3 is 9.52 Å². The second-order valence-electron chi connectivity index (χ2n) is 3.21. The topological polar surface area (TPSA) is 33.4 Å². The highest BCUT2D eigenvalue weighted by atomic mass is 79.9. The van der Waals surface area contributed by atoms with Crippen LogP contribution in [0.5, 0.6) is 0 Å². The van der Waals surface area contributed by atoms with E-state index in [1.807, 2.05) is 0 Å². The van der Waals surface area contributed by atoms with Crippen molar-refractivity contribution in [3.05, 3.63) is 56.6 Å². The molecule has 0 aliphatic carbocycles. The van der Waals surface area contributed by atoms with Crippen LogP contribution in [0.2, 0.25) is 0 Å². The lowest BCUT2D eigenvalue weighted by molar-refractivity contribution is 0.188. The Morgan fingerprint density at radius 3 is 2.50 bits per heavy atom. The first-order valence-corrected chi connectivity index (χ1v) is 6.04. The van der Waals surface area contributed by atoms with E-state index in [4.69, 9.17) is 4.42 Å². The molecule has 0 spiro atoms. The second kappa shape index (κ2) is 4.69. The molecular formula is C11H7Br2FO2. The molecule has 1 atom stereocenters. The molecule has 1 aromatic heterocycles. The van der Waals surface area contributed by atoms with Crippen LogP contribution in [0.4, 0.5) is 4.39 Å². The lowest BCUT2D eigenvalue weighted by atomic mass is 10.1. The van der Waals surface area contributed by atoms with Crippen molar-refractivity contribution in [1.82, 2.24) is 0 Å². The standard InChI is InChI=1S/C11H7Br2FO2/c12-7-3-4-16-11(7)10(15)6-1-2-9(14)8(13)5-6/h1-5,10,15H. The SMILES string of the molecule is OC(c1ccc(F)c(Br)c1)c1occc1Br. The Morgan fingerprint density at radius 1 is 1.19 bits per heavy atom. The highest BCUT2D eigenvalue weighted by Gasteiger charge is 2.17. The summed E-state index contributed by atoms with van der Waals surface area (Å²) < 4.78 is 19.2. The minimum absolute atomic E-state index is 0.312. The van der Waals surface area contributed by atoms with Gasteiger partial charge in [0, 0.05) is 0 Å². The summed E-state index contributed by atoms with van der Waals surface area (Å²) in [6.07, 6.45) is 0.558. The van der Waals surface area contributed by atoms with Gasteiger partial charge in [-0.2, -0.15) is 0 Å². The summed E-state index contributed by atoms with van der Waals surface area (Å²) in [5.41, 5.74) is 0.559. The first kappa shape index (κ1) is 11.8. The Labute approximate surface area is 108 Å². The Morgan fingerprint density at radius 2 is 1.94 bits per heavy atom. The maximum Gasteiger partial charge on any atom is 0.150 e. The van der Waals surface area contributed by atoms with E-state index < -0.39 is 6.10 Å². The van der Waals surface area contributed by atoms with Gasteiger partial charge in [0.05, 0.1) is 15.2 Å². The molecule has 0 amide bonds. The maximum atomic E-state index is 13.0. The summed E-state index contributed by atoms with van der Waals surface area (Å²) in [5.74, 6) is 0.0352. The van der Waals surface area contributed by atoms with Crippen molar-refractivity contribution in [2.24, 2.45) is 0 Å². The lowest BCUT2D eigenvalue weighted by Gasteiger charge is -2.09. The number of aliphatic hydroxyl groups excluding tert-OH is 1. The second-order valence-corrected chi connectivity index (χ2v) is 4.92. The van der Waals surface area contributed by atoms with E-state index in [9.17, 15) is 9.50 Å². The number of hydrogen-bond donors (Lipinski definition) is 1. The molecule has 0 saturated heterocycles. The zero-order chi connectivity index (χ0) is 11.7. The Kier molecular flexibility index (Phi) is 3.47.